The third-order valence-electron chi connectivity index (χ3n) is 7.13. The van der Waals surface area contributed by atoms with Crippen molar-refractivity contribution in [3.8, 4) is 5.75 Å². The zero-order valence-electron chi connectivity index (χ0n) is 24.8. The lowest BCUT2D eigenvalue weighted by molar-refractivity contribution is 0.175. The van der Waals surface area contributed by atoms with Crippen LogP contribution in [-0.2, 0) is 29.0 Å². The summed E-state index contributed by atoms with van der Waals surface area (Å²) in [5.74, 6) is -0.659. The molecule has 0 saturated carbocycles. The van der Waals surface area contributed by atoms with Gasteiger partial charge in [-0.3, -0.25) is 9.13 Å². The maximum absolute atomic E-state index is 14.7. The van der Waals surface area contributed by atoms with Gasteiger partial charge >= 0.3 is 15.2 Å². The Kier molecular flexibility index (Phi) is 12.2. The van der Waals surface area contributed by atoms with Crippen LogP contribution in [0, 0.1) is 0 Å². The van der Waals surface area contributed by atoms with Crippen LogP contribution in [0.1, 0.15) is 130 Å². The Morgan fingerprint density at radius 3 is 1.49 bits per heavy atom. The number of rotatable bonds is 14. The number of phenols is 1. The zero-order valence-corrected chi connectivity index (χ0v) is 26.5. The van der Waals surface area contributed by atoms with Gasteiger partial charge in [-0.1, -0.05) is 94.2 Å². The smallest absolute Gasteiger partial charge is 0.349 e. The summed E-state index contributed by atoms with van der Waals surface area (Å²) in [6.07, 6.45) is 2.96. The standard InChI is InChI=1S/C28H52O7P2/c1-11-15-17-34-37(33,35-18-16-12-2)28(14-4,36(30,31)32)22(13-3)21-19-23(26(5,6)7)25(29)24(20-21)27(8,9)10/h19-20,22,29H,11-18H2,1-10H3,(H2,30,31,32). The second kappa shape index (κ2) is 13.1. The summed E-state index contributed by atoms with van der Waals surface area (Å²) >= 11 is 0. The molecule has 0 saturated heterocycles. The predicted octanol–water partition coefficient (Wildman–Crippen LogP) is 8.59. The lowest BCUT2D eigenvalue weighted by Crippen LogP contribution is -2.38. The number of hydrogen-bond acceptors (Lipinski definition) is 5. The Morgan fingerprint density at radius 1 is 0.811 bits per heavy atom. The molecule has 37 heavy (non-hydrogen) atoms. The van der Waals surface area contributed by atoms with Crippen molar-refractivity contribution in [3.05, 3.63) is 28.8 Å². The van der Waals surface area contributed by atoms with Crippen LogP contribution in [0.15, 0.2) is 12.1 Å². The van der Waals surface area contributed by atoms with Crippen LogP contribution in [0.3, 0.4) is 0 Å². The largest absolute Gasteiger partial charge is 0.507 e. The zero-order chi connectivity index (χ0) is 28.9. The van der Waals surface area contributed by atoms with Crippen LogP contribution in [-0.4, -0.2) is 33.0 Å². The first-order chi connectivity index (χ1) is 16.9. The SMILES string of the molecule is CCCCOP(=O)(OCCCC)C(CC)(C(CC)c1cc(C(C)(C)C)c(O)c(C(C)(C)C)c1)P(=O)(O)O. The van der Waals surface area contributed by atoms with E-state index in [2.05, 4.69) is 0 Å². The first-order valence-electron chi connectivity index (χ1n) is 13.7. The van der Waals surface area contributed by atoms with Crippen LogP contribution < -0.4 is 0 Å². The van der Waals surface area contributed by atoms with Gasteiger partial charge in [0.2, 0.25) is 0 Å². The van der Waals surface area contributed by atoms with E-state index >= 15 is 0 Å². The van der Waals surface area contributed by atoms with E-state index < -0.39 is 36.8 Å². The lowest BCUT2D eigenvalue weighted by Gasteiger charge is -2.44. The molecule has 0 aliphatic carbocycles. The minimum Gasteiger partial charge on any atom is -0.507 e. The third-order valence-corrected chi connectivity index (χ3v) is 12.9. The molecule has 216 valence electrons. The Labute approximate surface area is 225 Å². The van der Waals surface area contributed by atoms with Crippen LogP contribution in [0.4, 0.5) is 0 Å². The minimum atomic E-state index is -5.06. The van der Waals surface area contributed by atoms with Gasteiger partial charge in [0.05, 0.1) is 13.2 Å². The normalized spacial score (nSPS) is 16.0. The van der Waals surface area contributed by atoms with Crippen LogP contribution in [0.2, 0.25) is 0 Å². The fourth-order valence-corrected chi connectivity index (χ4v) is 10.1. The molecule has 0 heterocycles. The van der Waals surface area contributed by atoms with Crippen LogP contribution >= 0.6 is 15.2 Å². The van der Waals surface area contributed by atoms with Crippen molar-refractivity contribution in [3.63, 3.8) is 0 Å². The van der Waals surface area contributed by atoms with Crippen molar-refractivity contribution in [1.29, 1.82) is 0 Å². The molecule has 1 rings (SSSR count). The van der Waals surface area contributed by atoms with Crippen molar-refractivity contribution in [2.75, 3.05) is 13.2 Å². The highest BCUT2D eigenvalue weighted by Crippen LogP contribution is 2.80. The quantitative estimate of drug-likeness (QED) is 0.154. The predicted molar refractivity (Wildman–Crippen MR) is 153 cm³/mol. The molecule has 2 atom stereocenters. The molecule has 2 unspecified atom stereocenters. The summed E-state index contributed by atoms with van der Waals surface area (Å²) in [6.45, 7) is 19.5. The topological polar surface area (TPSA) is 113 Å². The second-order valence-corrected chi connectivity index (χ2v) is 16.6. The van der Waals surface area contributed by atoms with Crippen LogP contribution in [0.5, 0.6) is 5.75 Å². The minimum absolute atomic E-state index is 0.0914. The monoisotopic (exact) mass is 562 g/mol. The van der Waals surface area contributed by atoms with Gasteiger partial charge in [0.1, 0.15) is 5.75 Å². The lowest BCUT2D eigenvalue weighted by atomic mass is 9.76. The molecule has 1 aromatic rings. The Hall–Kier alpha value is -0.680. The number of aromatic hydroxyl groups is 1. The molecule has 1 aromatic carbocycles. The molecular weight excluding hydrogens is 510 g/mol. The number of unbranched alkanes of at least 4 members (excludes halogenated alkanes) is 2. The van der Waals surface area contributed by atoms with E-state index in [0.717, 1.165) is 12.8 Å². The summed E-state index contributed by atoms with van der Waals surface area (Å²) in [5.41, 5.74) is 1.11. The molecule has 0 aliphatic heterocycles. The molecule has 9 heteroatoms. The maximum Gasteiger partial charge on any atom is 0.349 e. The van der Waals surface area contributed by atoms with E-state index in [-0.39, 0.29) is 25.4 Å². The average Bonchev–Trinajstić information content (AvgIpc) is 2.75. The second-order valence-electron chi connectivity index (χ2n) is 12.1. The summed E-state index contributed by atoms with van der Waals surface area (Å²) in [7, 11) is -9.39. The molecule has 0 aliphatic rings. The van der Waals surface area contributed by atoms with Crippen molar-refractivity contribution < 1.29 is 33.1 Å². The van der Waals surface area contributed by atoms with E-state index in [4.69, 9.17) is 9.05 Å². The summed E-state index contributed by atoms with van der Waals surface area (Å²) in [4.78, 5) is 19.9. The van der Waals surface area contributed by atoms with Gasteiger partial charge in [0.15, 0.2) is 4.90 Å². The van der Waals surface area contributed by atoms with E-state index in [1.165, 1.54) is 0 Å². The van der Waals surface area contributed by atoms with E-state index in [9.17, 15) is 24.0 Å². The Balaban J connectivity index is 4.10. The Bertz CT molecular complexity index is 923. The third kappa shape index (κ3) is 7.50. The molecule has 0 bridgehead atoms. The van der Waals surface area contributed by atoms with Gasteiger partial charge < -0.3 is 23.9 Å². The van der Waals surface area contributed by atoms with E-state index in [1.54, 1.807) is 6.92 Å². The number of hydrogen-bond donors (Lipinski definition) is 3. The van der Waals surface area contributed by atoms with Crippen molar-refractivity contribution >= 4 is 15.2 Å². The first kappa shape index (κ1) is 34.3. The van der Waals surface area contributed by atoms with Gasteiger partial charge in [-0.25, -0.2) is 0 Å². The first-order valence-corrected chi connectivity index (χ1v) is 16.9. The van der Waals surface area contributed by atoms with Crippen molar-refractivity contribution in [1.82, 2.24) is 0 Å². The van der Waals surface area contributed by atoms with E-state index in [1.807, 2.05) is 74.4 Å². The molecule has 0 aromatic heterocycles. The number of benzene rings is 1. The van der Waals surface area contributed by atoms with Gasteiger partial charge in [0.25, 0.3) is 0 Å². The highest BCUT2D eigenvalue weighted by Gasteiger charge is 2.65. The van der Waals surface area contributed by atoms with Crippen molar-refractivity contribution in [2.24, 2.45) is 0 Å². The molecule has 7 nitrogen and oxygen atoms in total. The Morgan fingerprint density at radius 2 is 1.22 bits per heavy atom. The van der Waals surface area contributed by atoms with Gasteiger partial charge in [0, 0.05) is 5.92 Å². The molecule has 3 N–H and O–H groups in total. The molecular formula is C28H52O7P2. The average molecular weight is 563 g/mol. The summed E-state index contributed by atoms with van der Waals surface area (Å²) < 4.78 is 40.0. The van der Waals surface area contributed by atoms with Crippen LogP contribution in [0.25, 0.3) is 0 Å². The fraction of sp³-hybridized carbons (Fsp3) is 0.786. The highest BCUT2D eigenvalue weighted by molar-refractivity contribution is 7.73. The molecule has 0 radical (unpaired) electrons. The number of phenolic OH excluding ortho intramolecular Hbond substituents is 1. The van der Waals surface area contributed by atoms with Gasteiger partial charge in [-0.2, -0.15) is 0 Å². The summed E-state index contributed by atoms with van der Waals surface area (Å²) in [6, 6.07) is 3.64. The van der Waals surface area contributed by atoms with Gasteiger partial charge in [-0.05, 0) is 53.2 Å². The fourth-order valence-electron chi connectivity index (χ4n) is 4.95. The maximum atomic E-state index is 14.7. The highest BCUT2D eigenvalue weighted by atomic mass is 31.2. The van der Waals surface area contributed by atoms with E-state index in [0.29, 0.717) is 36.0 Å². The van der Waals surface area contributed by atoms with Crippen molar-refractivity contribution in [2.45, 2.75) is 129 Å². The molecule has 0 fully saturated rings. The molecule has 0 spiro atoms. The van der Waals surface area contributed by atoms with Gasteiger partial charge in [-0.15, -0.1) is 0 Å². The molecule has 0 amide bonds. The summed E-state index contributed by atoms with van der Waals surface area (Å²) in [5, 5.41) is 11.2.